The molecule has 2 atom stereocenters. The lowest BCUT2D eigenvalue weighted by Crippen LogP contribution is -2.33. The fraction of sp³-hybridized carbons (Fsp3) is 0.933. The standard InChI is InChI=1S/C15H29NO2/c1-11(8-9-16)6-7-13(17)12-10-14(2,3)18-15(12,4)5/h11-12H,6-10,16H2,1-5H3. The maximum Gasteiger partial charge on any atom is 0.138 e. The van der Waals surface area contributed by atoms with Gasteiger partial charge in [0, 0.05) is 12.3 Å². The fourth-order valence-electron chi connectivity index (χ4n) is 3.06. The van der Waals surface area contributed by atoms with Crippen LogP contribution in [0.25, 0.3) is 0 Å². The van der Waals surface area contributed by atoms with E-state index >= 15 is 0 Å². The summed E-state index contributed by atoms with van der Waals surface area (Å²) in [4.78, 5) is 12.3. The number of rotatable bonds is 6. The molecule has 0 spiro atoms. The van der Waals surface area contributed by atoms with Crippen LogP contribution in [0.5, 0.6) is 0 Å². The highest BCUT2D eigenvalue weighted by Crippen LogP contribution is 2.43. The molecule has 1 fully saturated rings. The van der Waals surface area contributed by atoms with Gasteiger partial charge in [0.05, 0.1) is 11.2 Å². The van der Waals surface area contributed by atoms with E-state index in [1.165, 1.54) is 0 Å². The second-order valence-corrected chi connectivity index (χ2v) is 6.91. The summed E-state index contributed by atoms with van der Waals surface area (Å²) in [5, 5.41) is 0. The average molecular weight is 255 g/mol. The van der Waals surface area contributed by atoms with Crippen molar-refractivity contribution in [3.05, 3.63) is 0 Å². The van der Waals surface area contributed by atoms with Crippen LogP contribution in [0.15, 0.2) is 0 Å². The van der Waals surface area contributed by atoms with Gasteiger partial charge in [-0.15, -0.1) is 0 Å². The maximum atomic E-state index is 12.3. The van der Waals surface area contributed by atoms with E-state index in [2.05, 4.69) is 20.8 Å². The van der Waals surface area contributed by atoms with Crippen molar-refractivity contribution in [2.75, 3.05) is 6.54 Å². The first-order valence-electron chi connectivity index (χ1n) is 7.11. The summed E-state index contributed by atoms with van der Waals surface area (Å²) >= 11 is 0. The molecule has 0 radical (unpaired) electrons. The molecule has 3 heteroatoms. The first-order chi connectivity index (χ1) is 8.18. The van der Waals surface area contributed by atoms with Crippen molar-refractivity contribution in [1.82, 2.24) is 0 Å². The van der Waals surface area contributed by atoms with Crippen LogP contribution < -0.4 is 5.73 Å². The lowest BCUT2D eigenvalue weighted by molar-refractivity contribution is -0.129. The molecular weight excluding hydrogens is 226 g/mol. The molecule has 1 aliphatic rings. The molecule has 2 N–H and O–H groups in total. The minimum atomic E-state index is -0.322. The van der Waals surface area contributed by atoms with E-state index in [9.17, 15) is 4.79 Å². The predicted octanol–water partition coefficient (Wildman–Crippen LogP) is 2.91. The minimum Gasteiger partial charge on any atom is -0.369 e. The van der Waals surface area contributed by atoms with Gasteiger partial charge in [-0.25, -0.2) is 0 Å². The van der Waals surface area contributed by atoms with Gasteiger partial charge < -0.3 is 10.5 Å². The van der Waals surface area contributed by atoms with Gasteiger partial charge in [0.15, 0.2) is 0 Å². The molecular formula is C15H29NO2. The molecule has 1 aliphatic heterocycles. The minimum absolute atomic E-state index is 0.0394. The SMILES string of the molecule is CC(CCN)CCC(=O)C1CC(C)(C)OC1(C)C. The van der Waals surface area contributed by atoms with Crippen LogP contribution in [0.1, 0.15) is 60.3 Å². The van der Waals surface area contributed by atoms with E-state index in [0.717, 1.165) is 19.3 Å². The second-order valence-electron chi connectivity index (χ2n) is 6.91. The van der Waals surface area contributed by atoms with Crippen LogP contribution in [0, 0.1) is 11.8 Å². The zero-order valence-corrected chi connectivity index (χ0v) is 12.6. The summed E-state index contributed by atoms with van der Waals surface area (Å²) in [5.74, 6) is 0.935. The van der Waals surface area contributed by atoms with Crippen LogP contribution in [0.4, 0.5) is 0 Å². The Labute approximate surface area is 111 Å². The van der Waals surface area contributed by atoms with E-state index in [4.69, 9.17) is 10.5 Å². The van der Waals surface area contributed by atoms with Crippen molar-refractivity contribution in [3.8, 4) is 0 Å². The third-order valence-corrected chi connectivity index (χ3v) is 4.01. The summed E-state index contributed by atoms with van der Waals surface area (Å²) < 4.78 is 5.98. The van der Waals surface area contributed by atoms with E-state index in [1.807, 2.05) is 13.8 Å². The van der Waals surface area contributed by atoms with Gasteiger partial charge in [-0.3, -0.25) is 4.79 Å². The Morgan fingerprint density at radius 2 is 1.94 bits per heavy atom. The van der Waals surface area contributed by atoms with Gasteiger partial charge in [0.1, 0.15) is 5.78 Å². The van der Waals surface area contributed by atoms with Gasteiger partial charge in [-0.2, -0.15) is 0 Å². The summed E-state index contributed by atoms with van der Waals surface area (Å²) in [6.07, 6.45) is 3.45. The molecule has 1 saturated heterocycles. The Morgan fingerprint density at radius 3 is 2.39 bits per heavy atom. The van der Waals surface area contributed by atoms with E-state index in [-0.39, 0.29) is 17.1 Å². The van der Waals surface area contributed by atoms with E-state index in [0.29, 0.717) is 24.7 Å². The highest BCUT2D eigenvalue weighted by molar-refractivity contribution is 5.82. The molecule has 2 unspecified atom stereocenters. The van der Waals surface area contributed by atoms with Crippen LogP contribution in [-0.4, -0.2) is 23.5 Å². The lowest BCUT2D eigenvalue weighted by Gasteiger charge is -2.26. The first kappa shape index (κ1) is 15.6. The molecule has 0 bridgehead atoms. The monoisotopic (exact) mass is 255 g/mol. The smallest absolute Gasteiger partial charge is 0.138 e. The first-order valence-corrected chi connectivity index (χ1v) is 7.11. The normalized spacial score (nSPS) is 27.1. The fourth-order valence-corrected chi connectivity index (χ4v) is 3.06. The van der Waals surface area contributed by atoms with Crippen LogP contribution in [0.2, 0.25) is 0 Å². The summed E-state index contributed by atoms with van der Waals surface area (Å²) in [6.45, 7) is 11.1. The van der Waals surface area contributed by atoms with E-state index in [1.54, 1.807) is 0 Å². The molecule has 0 aromatic carbocycles. The van der Waals surface area contributed by atoms with Crippen molar-refractivity contribution in [3.63, 3.8) is 0 Å². The lowest BCUT2D eigenvalue weighted by atomic mass is 9.82. The van der Waals surface area contributed by atoms with Gasteiger partial charge in [-0.1, -0.05) is 6.92 Å². The molecule has 0 aromatic rings. The number of ether oxygens (including phenoxy) is 1. The number of ketones is 1. The maximum absolute atomic E-state index is 12.3. The molecule has 0 aliphatic carbocycles. The van der Waals surface area contributed by atoms with Gasteiger partial charge >= 0.3 is 0 Å². The third-order valence-electron chi connectivity index (χ3n) is 4.01. The van der Waals surface area contributed by atoms with Crippen LogP contribution >= 0.6 is 0 Å². The Morgan fingerprint density at radius 1 is 1.33 bits per heavy atom. The molecule has 1 heterocycles. The number of nitrogens with two attached hydrogens (primary N) is 1. The van der Waals surface area contributed by atoms with Gasteiger partial charge in [0.2, 0.25) is 0 Å². The van der Waals surface area contributed by atoms with Crippen LogP contribution in [-0.2, 0) is 9.53 Å². The molecule has 18 heavy (non-hydrogen) atoms. The molecule has 106 valence electrons. The van der Waals surface area contributed by atoms with Crippen molar-refractivity contribution in [2.45, 2.75) is 71.5 Å². The van der Waals surface area contributed by atoms with Crippen molar-refractivity contribution >= 4 is 5.78 Å². The van der Waals surface area contributed by atoms with Gasteiger partial charge in [0.25, 0.3) is 0 Å². The highest BCUT2D eigenvalue weighted by Gasteiger charge is 2.48. The van der Waals surface area contributed by atoms with Crippen molar-refractivity contribution in [2.24, 2.45) is 17.6 Å². The Balaban J connectivity index is 2.52. The Bertz CT molecular complexity index is 297. The van der Waals surface area contributed by atoms with E-state index < -0.39 is 0 Å². The average Bonchev–Trinajstić information content (AvgIpc) is 2.44. The predicted molar refractivity (Wildman–Crippen MR) is 74.4 cm³/mol. The summed E-state index contributed by atoms with van der Waals surface area (Å²) in [7, 11) is 0. The Kier molecular flexibility index (Phi) is 4.96. The quantitative estimate of drug-likeness (QED) is 0.794. The largest absolute Gasteiger partial charge is 0.369 e. The van der Waals surface area contributed by atoms with Crippen molar-refractivity contribution in [1.29, 1.82) is 0 Å². The third kappa shape index (κ3) is 4.06. The molecule has 0 aromatic heterocycles. The second kappa shape index (κ2) is 5.70. The molecule has 3 nitrogen and oxygen atoms in total. The Hall–Kier alpha value is -0.410. The van der Waals surface area contributed by atoms with Crippen molar-refractivity contribution < 1.29 is 9.53 Å². The van der Waals surface area contributed by atoms with Gasteiger partial charge in [-0.05, 0) is 59.4 Å². The zero-order valence-electron chi connectivity index (χ0n) is 12.6. The molecule has 0 amide bonds. The summed E-state index contributed by atoms with van der Waals surface area (Å²) in [5.41, 5.74) is 5.04. The number of hydrogen-bond donors (Lipinski definition) is 1. The zero-order chi connectivity index (χ0) is 14.0. The summed E-state index contributed by atoms with van der Waals surface area (Å²) in [6, 6.07) is 0. The number of carbonyl (C=O) groups is 1. The number of carbonyl (C=O) groups excluding carboxylic acids is 1. The highest BCUT2D eigenvalue weighted by atomic mass is 16.5. The number of hydrogen-bond acceptors (Lipinski definition) is 3. The topological polar surface area (TPSA) is 52.3 Å². The van der Waals surface area contributed by atoms with Crippen LogP contribution in [0.3, 0.4) is 0 Å². The molecule has 0 saturated carbocycles. The molecule has 1 rings (SSSR count). The number of Topliss-reactive ketones (excluding diaryl/α,β-unsaturated/α-hetero) is 1.